The van der Waals surface area contributed by atoms with Crippen molar-refractivity contribution < 1.29 is 5.11 Å². The molecule has 1 atom stereocenters. The molecule has 1 N–H and O–H groups in total. The van der Waals surface area contributed by atoms with Gasteiger partial charge in [0.1, 0.15) is 0 Å². The minimum absolute atomic E-state index is 0.103. The van der Waals surface area contributed by atoms with E-state index in [4.69, 9.17) is 4.98 Å². The van der Waals surface area contributed by atoms with Gasteiger partial charge >= 0.3 is 0 Å². The summed E-state index contributed by atoms with van der Waals surface area (Å²) in [5.41, 5.74) is 3.27. The maximum Gasteiger partial charge on any atom is 0.225 e. The number of rotatable bonds is 7. The van der Waals surface area contributed by atoms with E-state index in [1.807, 2.05) is 23.1 Å². The zero-order chi connectivity index (χ0) is 18.9. The zero-order valence-electron chi connectivity index (χ0n) is 16.5. The molecule has 1 saturated carbocycles. The smallest absolute Gasteiger partial charge is 0.225 e. The zero-order valence-corrected chi connectivity index (χ0v) is 16.5. The second kappa shape index (κ2) is 7.79. The normalized spacial score (nSPS) is 23.0. The van der Waals surface area contributed by atoms with Crippen LogP contribution in [0.1, 0.15) is 50.3 Å². The van der Waals surface area contributed by atoms with Crippen molar-refractivity contribution in [3.05, 3.63) is 24.2 Å². The van der Waals surface area contributed by atoms with Crippen molar-refractivity contribution in [2.75, 3.05) is 37.7 Å². The third kappa shape index (κ3) is 3.53. The molecule has 2 aromatic heterocycles. The SMILES string of the molecule is OCCn1ncc(-c2ccnc(N3CCCC3)n2)c1[C@H]1CCCN1CC1CC1. The van der Waals surface area contributed by atoms with Crippen LogP contribution >= 0.6 is 0 Å². The van der Waals surface area contributed by atoms with Gasteiger partial charge in [-0.05, 0) is 57.1 Å². The minimum atomic E-state index is 0.103. The summed E-state index contributed by atoms with van der Waals surface area (Å²) in [4.78, 5) is 14.3. The van der Waals surface area contributed by atoms with Crippen molar-refractivity contribution in [2.24, 2.45) is 5.92 Å². The van der Waals surface area contributed by atoms with Crippen molar-refractivity contribution in [2.45, 2.75) is 51.1 Å². The summed E-state index contributed by atoms with van der Waals surface area (Å²) in [6, 6.07) is 2.37. The lowest BCUT2D eigenvalue weighted by Crippen LogP contribution is -2.28. The minimum Gasteiger partial charge on any atom is -0.394 e. The molecule has 2 saturated heterocycles. The van der Waals surface area contributed by atoms with Gasteiger partial charge in [0, 0.05) is 31.4 Å². The van der Waals surface area contributed by atoms with Gasteiger partial charge in [0.05, 0.1) is 36.8 Å². The van der Waals surface area contributed by atoms with Gasteiger partial charge in [-0.15, -0.1) is 0 Å². The monoisotopic (exact) mass is 382 g/mol. The number of anilines is 1. The van der Waals surface area contributed by atoms with Gasteiger partial charge in [0.2, 0.25) is 5.95 Å². The van der Waals surface area contributed by atoms with Gasteiger partial charge in [-0.2, -0.15) is 5.10 Å². The molecule has 2 aliphatic heterocycles. The first-order valence-electron chi connectivity index (χ1n) is 10.8. The molecule has 2 aromatic rings. The Kier molecular flexibility index (Phi) is 5.03. The summed E-state index contributed by atoms with van der Waals surface area (Å²) in [7, 11) is 0. The van der Waals surface area contributed by atoms with Crippen molar-refractivity contribution in [1.29, 1.82) is 0 Å². The number of likely N-dealkylation sites (tertiary alicyclic amines) is 1. The summed E-state index contributed by atoms with van der Waals surface area (Å²) in [6.45, 7) is 5.07. The Labute approximate surface area is 166 Å². The van der Waals surface area contributed by atoms with E-state index in [9.17, 15) is 5.11 Å². The highest BCUT2D eigenvalue weighted by Gasteiger charge is 2.35. The topological polar surface area (TPSA) is 70.3 Å². The highest BCUT2D eigenvalue weighted by atomic mass is 16.3. The molecule has 0 unspecified atom stereocenters. The van der Waals surface area contributed by atoms with E-state index in [2.05, 4.69) is 19.9 Å². The standard InChI is InChI=1S/C21H30N6O/c28-13-12-27-20(19-4-3-11-26(19)15-16-5-6-16)17(14-23-27)18-7-8-22-21(24-18)25-9-1-2-10-25/h7-8,14,16,19,28H,1-6,9-13,15H2/t19-/m1/s1. The third-order valence-corrected chi connectivity index (χ3v) is 6.37. The molecule has 3 fully saturated rings. The van der Waals surface area contributed by atoms with Gasteiger partial charge in [-0.25, -0.2) is 9.97 Å². The fraction of sp³-hybridized carbons (Fsp3) is 0.667. The molecule has 0 aromatic carbocycles. The Hall–Kier alpha value is -1.99. The van der Waals surface area contributed by atoms with Gasteiger partial charge in [-0.3, -0.25) is 9.58 Å². The first kappa shape index (κ1) is 18.1. The van der Waals surface area contributed by atoms with Crippen molar-refractivity contribution in [1.82, 2.24) is 24.6 Å². The molecule has 4 heterocycles. The molecule has 0 bridgehead atoms. The highest BCUT2D eigenvalue weighted by Crippen LogP contribution is 2.40. The average molecular weight is 383 g/mol. The summed E-state index contributed by atoms with van der Waals surface area (Å²) in [6.07, 6.45) is 11.4. The van der Waals surface area contributed by atoms with E-state index in [0.29, 0.717) is 12.6 Å². The number of aromatic nitrogens is 4. The maximum absolute atomic E-state index is 9.57. The van der Waals surface area contributed by atoms with E-state index in [1.165, 1.54) is 44.3 Å². The Morgan fingerprint density at radius 2 is 1.93 bits per heavy atom. The largest absolute Gasteiger partial charge is 0.394 e. The van der Waals surface area contributed by atoms with Crippen LogP contribution in [0.25, 0.3) is 11.3 Å². The van der Waals surface area contributed by atoms with Crippen LogP contribution in [0.4, 0.5) is 5.95 Å². The van der Waals surface area contributed by atoms with Crippen molar-refractivity contribution in [3.8, 4) is 11.3 Å². The Balaban J connectivity index is 1.50. The summed E-state index contributed by atoms with van der Waals surface area (Å²) in [5, 5.41) is 14.2. The molecule has 5 rings (SSSR count). The lowest BCUT2D eigenvalue weighted by atomic mass is 10.0. The number of aliphatic hydroxyl groups excluding tert-OH is 1. The number of hydrogen-bond acceptors (Lipinski definition) is 6. The number of aliphatic hydroxyl groups is 1. The van der Waals surface area contributed by atoms with Crippen molar-refractivity contribution >= 4 is 5.95 Å². The lowest BCUT2D eigenvalue weighted by Gasteiger charge is -2.26. The van der Waals surface area contributed by atoms with Crippen LogP contribution in [0.2, 0.25) is 0 Å². The summed E-state index contributed by atoms with van der Waals surface area (Å²) < 4.78 is 2.00. The summed E-state index contributed by atoms with van der Waals surface area (Å²) >= 11 is 0. The first-order chi connectivity index (χ1) is 13.8. The van der Waals surface area contributed by atoms with Crippen LogP contribution in [0, 0.1) is 5.92 Å². The van der Waals surface area contributed by atoms with Gasteiger partial charge < -0.3 is 10.0 Å². The van der Waals surface area contributed by atoms with Crippen LogP contribution in [0.15, 0.2) is 18.5 Å². The number of nitrogens with zero attached hydrogens (tertiary/aromatic N) is 6. The predicted molar refractivity (Wildman–Crippen MR) is 108 cm³/mol. The Bertz CT molecular complexity index is 811. The molecule has 28 heavy (non-hydrogen) atoms. The molecule has 7 nitrogen and oxygen atoms in total. The van der Waals surface area contributed by atoms with E-state index in [1.54, 1.807) is 0 Å². The fourth-order valence-corrected chi connectivity index (χ4v) is 4.77. The molecule has 150 valence electrons. The van der Waals surface area contributed by atoms with E-state index >= 15 is 0 Å². The second-order valence-corrected chi connectivity index (χ2v) is 8.42. The lowest BCUT2D eigenvalue weighted by molar-refractivity contribution is 0.225. The van der Waals surface area contributed by atoms with Crippen LogP contribution in [-0.4, -0.2) is 62.5 Å². The first-order valence-corrected chi connectivity index (χ1v) is 10.8. The van der Waals surface area contributed by atoms with Gasteiger partial charge in [-0.1, -0.05) is 0 Å². The number of hydrogen-bond donors (Lipinski definition) is 1. The highest BCUT2D eigenvalue weighted by molar-refractivity contribution is 5.63. The van der Waals surface area contributed by atoms with Crippen LogP contribution in [0.5, 0.6) is 0 Å². The molecule has 7 heteroatoms. The van der Waals surface area contributed by atoms with E-state index < -0.39 is 0 Å². The molecule has 3 aliphatic rings. The summed E-state index contributed by atoms with van der Waals surface area (Å²) in [5.74, 6) is 1.70. The van der Waals surface area contributed by atoms with E-state index in [0.717, 1.165) is 49.2 Å². The molecule has 0 amide bonds. The van der Waals surface area contributed by atoms with E-state index in [-0.39, 0.29) is 6.61 Å². The van der Waals surface area contributed by atoms with Gasteiger partial charge in [0.15, 0.2) is 0 Å². The average Bonchev–Trinajstić information content (AvgIpc) is 3.12. The maximum atomic E-state index is 9.57. The van der Waals surface area contributed by atoms with Crippen LogP contribution in [0.3, 0.4) is 0 Å². The van der Waals surface area contributed by atoms with Crippen molar-refractivity contribution in [3.63, 3.8) is 0 Å². The second-order valence-electron chi connectivity index (χ2n) is 8.42. The Morgan fingerprint density at radius 1 is 1.07 bits per heavy atom. The third-order valence-electron chi connectivity index (χ3n) is 6.37. The molecule has 0 spiro atoms. The van der Waals surface area contributed by atoms with Crippen LogP contribution < -0.4 is 4.90 Å². The molecule has 1 aliphatic carbocycles. The fourth-order valence-electron chi connectivity index (χ4n) is 4.77. The molecule has 0 radical (unpaired) electrons. The molecular formula is C21H30N6O. The predicted octanol–water partition coefficient (Wildman–Crippen LogP) is 2.48. The molecular weight excluding hydrogens is 352 g/mol. The Morgan fingerprint density at radius 3 is 2.71 bits per heavy atom. The quantitative estimate of drug-likeness (QED) is 0.793. The van der Waals surface area contributed by atoms with Gasteiger partial charge in [0.25, 0.3) is 0 Å². The van der Waals surface area contributed by atoms with Crippen LogP contribution in [-0.2, 0) is 6.54 Å².